The van der Waals surface area contributed by atoms with Gasteiger partial charge in [0.15, 0.2) is 5.82 Å². The first-order valence-electron chi connectivity index (χ1n) is 8.34. The molecule has 4 rings (SSSR count). The summed E-state index contributed by atoms with van der Waals surface area (Å²) >= 11 is 1.63. The lowest BCUT2D eigenvalue weighted by molar-refractivity contribution is 0.0937. The molecule has 0 aliphatic carbocycles. The highest BCUT2D eigenvalue weighted by atomic mass is 32.1. The van der Waals surface area contributed by atoms with E-state index in [2.05, 4.69) is 34.1 Å². The molecular weight excluding hydrogens is 332 g/mol. The Balaban J connectivity index is 1.65. The van der Waals surface area contributed by atoms with E-state index in [1.807, 2.05) is 29.6 Å². The Morgan fingerprint density at radius 1 is 1.16 bits per heavy atom. The number of nitrogens with zero attached hydrogens (tertiary/aromatic N) is 3. The lowest BCUT2D eigenvalue weighted by Crippen LogP contribution is -2.40. The van der Waals surface area contributed by atoms with Gasteiger partial charge in [0.05, 0.1) is 25.3 Å². The van der Waals surface area contributed by atoms with Crippen molar-refractivity contribution >= 4 is 17.2 Å². The van der Waals surface area contributed by atoms with E-state index in [1.165, 1.54) is 5.56 Å². The van der Waals surface area contributed by atoms with Gasteiger partial charge in [-0.3, -0.25) is 0 Å². The summed E-state index contributed by atoms with van der Waals surface area (Å²) in [4.78, 5) is 12.5. The summed E-state index contributed by atoms with van der Waals surface area (Å²) in [6.07, 6.45) is 1.79. The molecule has 1 aromatic carbocycles. The molecule has 0 amide bonds. The molecule has 3 aromatic rings. The Morgan fingerprint density at radius 3 is 2.84 bits per heavy atom. The van der Waals surface area contributed by atoms with Crippen molar-refractivity contribution in [3.63, 3.8) is 0 Å². The fourth-order valence-electron chi connectivity index (χ4n) is 3.10. The van der Waals surface area contributed by atoms with Crippen LogP contribution in [0.5, 0.6) is 0 Å². The number of hydrogen-bond acceptors (Lipinski definition) is 6. The van der Waals surface area contributed by atoms with Gasteiger partial charge in [-0.1, -0.05) is 36.4 Å². The van der Waals surface area contributed by atoms with Crippen LogP contribution in [-0.4, -0.2) is 29.7 Å². The maximum Gasteiger partial charge on any atom is 0.152 e. The molecule has 128 valence electrons. The molecule has 0 saturated carbocycles. The number of anilines is 1. The van der Waals surface area contributed by atoms with Gasteiger partial charge in [-0.05, 0) is 23.1 Å². The molecule has 0 bridgehead atoms. The predicted molar refractivity (Wildman–Crippen MR) is 99.7 cm³/mol. The molecule has 0 spiro atoms. The van der Waals surface area contributed by atoms with Crippen LogP contribution in [-0.2, 0) is 4.74 Å². The lowest BCUT2D eigenvalue weighted by atomic mass is 10.1. The van der Waals surface area contributed by atoms with Gasteiger partial charge >= 0.3 is 0 Å². The van der Waals surface area contributed by atoms with Gasteiger partial charge in [-0.2, -0.15) is 0 Å². The minimum atomic E-state index is -0.295. The molecule has 1 aliphatic heterocycles. The highest BCUT2D eigenvalue weighted by Gasteiger charge is 2.26. The second-order valence-corrected chi connectivity index (χ2v) is 6.94. The molecule has 0 radical (unpaired) electrons. The third-order valence-corrected chi connectivity index (χ3v) is 5.35. The Kier molecular flexibility index (Phi) is 4.74. The minimum absolute atomic E-state index is 0.149. The molecule has 3 heterocycles. The number of benzene rings is 1. The van der Waals surface area contributed by atoms with Crippen LogP contribution in [0.15, 0.2) is 60.1 Å². The van der Waals surface area contributed by atoms with Crippen molar-refractivity contribution in [3.8, 4) is 0 Å². The van der Waals surface area contributed by atoms with E-state index in [0.29, 0.717) is 19.0 Å². The summed E-state index contributed by atoms with van der Waals surface area (Å²) in [6.45, 7) is 2.14. The first-order valence-corrected chi connectivity index (χ1v) is 9.22. The van der Waals surface area contributed by atoms with Crippen molar-refractivity contribution in [2.24, 2.45) is 5.73 Å². The number of ether oxygens (including phenoxy) is 1. The fourth-order valence-corrected chi connectivity index (χ4v) is 3.82. The SMILES string of the molecule is NC(c1nccc(N2CCOCC2c2ccccc2)n1)c1cccs1. The predicted octanol–water partition coefficient (Wildman–Crippen LogP) is 3.16. The van der Waals surface area contributed by atoms with Crippen LogP contribution in [0.3, 0.4) is 0 Å². The molecule has 6 heteroatoms. The largest absolute Gasteiger partial charge is 0.377 e. The average molecular weight is 352 g/mol. The van der Waals surface area contributed by atoms with Gasteiger partial charge in [0.25, 0.3) is 0 Å². The van der Waals surface area contributed by atoms with Crippen LogP contribution in [0.2, 0.25) is 0 Å². The summed E-state index contributed by atoms with van der Waals surface area (Å²) in [6, 6.07) is 16.2. The smallest absolute Gasteiger partial charge is 0.152 e. The molecule has 2 unspecified atom stereocenters. The van der Waals surface area contributed by atoms with E-state index in [0.717, 1.165) is 17.2 Å². The number of aromatic nitrogens is 2. The molecular formula is C19H20N4OS. The normalized spacial score (nSPS) is 18.9. The van der Waals surface area contributed by atoms with Gasteiger partial charge in [0, 0.05) is 17.6 Å². The summed E-state index contributed by atoms with van der Waals surface area (Å²) in [5, 5.41) is 2.02. The molecule has 2 N–H and O–H groups in total. The van der Waals surface area contributed by atoms with E-state index in [1.54, 1.807) is 17.5 Å². The summed E-state index contributed by atoms with van der Waals surface area (Å²) < 4.78 is 5.72. The Hall–Kier alpha value is -2.28. The van der Waals surface area contributed by atoms with Gasteiger partial charge in [-0.15, -0.1) is 11.3 Å². The van der Waals surface area contributed by atoms with Gasteiger partial charge < -0.3 is 15.4 Å². The van der Waals surface area contributed by atoms with Crippen molar-refractivity contribution in [1.82, 2.24) is 9.97 Å². The molecule has 1 fully saturated rings. The van der Waals surface area contributed by atoms with E-state index in [-0.39, 0.29) is 12.1 Å². The zero-order chi connectivity index (χ0) is 17.1. The van der Waals surface area contributed by atoms with Crippen LogP contribution in [0.4, 0.5) is 5.82 Å². The van der Waals surface area contributed by atoms with Crippen molar-refractivity contribution < 1.29 is 4.74 Å². The molecule has 2 aromatic heterocycles. The third kappa shape index (κ3) is 3.42. The topological polar surface area (TPSA) is 64.3 Å². The van der Waals surface area contributed by atoms with Crippen LogP contribution in [0.25, 0.3) is 0 Å². The highest BCUT2D eigenvalue weighted by molar-refractivity contribution is 7.10. The second kappa shape index (κ2) is 7.31. The molecule has 25 heavy (non-hydrogen) atoms. The van der Waals surface area contributed by atoms with Gasteiger partial charge in [0.2, 0.25) is 0 Å². The van der Waals surface area contributed by atoms with Crippen molar-refractivity contribution in [2.75, 3.05) is 24.7 Å². The quantitative estimate of drug-likeness (QED) is 0.781. The van der Waals surface area contributed by atoms with E-state index < -0.39 is 0 Å². The third-order valence-electron chi connectivity index (χ3n) is 4.39. The maximum absolute atomic E-state index is 6.35. The van der Waals surface area contributed by atoms with Crippen LogP contribution in [0, 0.1) is 0 Å². The van der Waals surface area contributed by atoms with E-state index >= 15 is 0 Å². The zero-order valence-electron chi connectivity index (χ0n) is 13.8. The Morgan fingerprint density at radius 2 is 2.04 bits per heavy atom. The number of nitrogens with two attached hydrogens (primary N) is 1. The monoisotopic (exact) mass is 352 g/mol. The van der Waals surface area contributed by atoms with Gasteiger partial charge in [0.1, 0.15) is 5.82 Å². The molecule has 1 aliphatic rings. The van der Waals surface area contributed by atoms with Crippen molar-refractivity contribution in [2.45, 2.75) is 12.1 Å². The summed E-state index contributed by atoms with van der Waals surface area (Å²) in [7, 11) is 0. The minimum Gasteiger partial charge on any atom is -0.377 e. The first-order chi connectivity index (χ1) is 12.3. The van der Waals surface area contributed by atoms with Crippen LogP contribution < -0.4 is 10.6 Å². The molecule has 1 saturated heterocycles. The zero-order valence-corrected chi connectivity index (χ0v) is 14.6. The molecule has 5 nitrogen and oxygen atoms in total. The van der Waals surface area contributed by atoms with Crippen LogP contribution >= 0.6 is 11.3 Å². The standard InChI is InChI=1S/C19H20N4OS/c20-18(16-7-4-12-25-16)19-21-9-8-17(22-19)23-10-11-24-13-15(23)14-5-2-1-3-6-14/h1-9,12,15,18H,10-11,13,20H2. The summed E-state index contributed by atoms with van der Waals surface area (Å²) in [5.74, 6) is 1.55. The fraction of sp³-hybridized carbons (Fsp3) is 0.263. The van der Waals surface area contributed by atoms with Crippen LogP contribution in [0.1, 0.15) is 28.3 Å². The number of morpholine rings is 1. The Bertz CT molecular complexity index is 809. The lowest BCUT2D eigenvalue weighted by Gasteiger charge is -2.37. The number of hydrogen-bond donors (Lipinski definition) is 1. The maximum atomic E-state index is 6.35. The van der Waals surface area contributed by atoms with Crippen molar-refractivity contribution in [3.05, 3.63) is 76.4 Å². The average Bonchev–Trinajstić information content (AvgIpc) is 3.23. The summed E-state index contributed by atoms with van der Waals surface area (Å²) in [5.41, 5.74) is 7.57. The first kappa shape index (κ1) is 16.2. The van der Waals surface area contributed by atoms with E-state index in [9.17, 15) is 0 Å². The van der Waals surface area contributed by atoms with Crippen molar-refractivity contribution in [1.29, 1.82) is 0 Å². The molecule has 2 atom stereocenters. The second-order valence-electron chi connectivity index (χ2n) is 5.96. The van der Waals surface area contributed by atoms with Gasteiger partial charge in [-0.25, -0.2) is 9.97 Å². The van der Waals surface area contributed by atoms with E-state index in [4.69, 9.17) is 15.5 Å². The number of thiophene rings is 1. The Labute approximate surface area is 151 Å². The number of rotatable bonds is 4. The highest BCUT2D eigenvalue weighted by Crippen LogP contribution is 2.29.